The van der Waals surface area contributed by atoms with Gasteiger partial charge in [-0.1, -0.05) is 33.6 Å². The van der Waals surface area contributed by atoms with Crippen molar-refractivity contribution in [2.24, 2.45) is 5.41 Å². The molecule has 3 heterocycles. The molecule has 1 aromatic carbocycles. The molecule has 0 radical (unpaired) electrons. The van der Waals surface area contributed by atoms with Crippen LogP contribution in [0.3, 0.4) is 0 Å². The van der Waals surface area contributed by atoms with Gasteiger partial charge >= 0.3 is 6.09 Å². The highest BCUT2D eigenvalue weighted by atomic mass is 16.4. The predicted molar refractivity (Wildman–Crippen MR) is 150 cm³/mol. The summed E-state index contributed by atoms with van der Waals surface area (Å²) in [7, 11) is 0. The van der Waals surface area contributed by atoms with Crippen LogP contribution in [0.25, 0.3) is 11.0 Å². The standard InChI is InChI=1S/C29H36N6O4/c1-18-22-13-14-24(36)35(21-7-5-6-8-21)25(22)32-27(30-18)31-20-11-9-19(10-12-20)26(37)33-15-16-34(28(38)39)23(17-33)29(2,3)4/h9-14,21,23H,5-8,15-17H2,1-4H3,(H,38,39)(H,30,31,32). The lowest BCUT2D eigenvalue weighted by atomic mass is 9.84. The SMILES string of the molecule is Cc1nc(Nc2ccc(C(=O)N3CCN(C(=O)O)C(C(C)(C)C)C3)cc2)nc2c1ccc(=O)n2C1CCCC1. The van der Waals surface area contributed by atoms with E-state index in [4.69, 9.17) is 4.98 Å². The average Bonchev–Trinajstić information content (AvgIpc) is 3.42. The molecule has 1 unspecified atom stereocenters. The summed E-state index contributed by atoms with van der Waals surface area (Å²) in [5.41, 5.74) is 2.34. The maximum atomic E-state index is 13.3. The Morgan fingerprint density at radius 2 is 1.69 bits per heavy atom. The van der Waals surface area contributed by atoms with Crippen molar-refractivity contribution in [2.75, 3.05) is 25.0 Å². The monoisotopic (exact) mass is 532 g/mol. The second-order valence-electron chi connectivity index (χ2n) is 11.7. The topological polar surface area (TPSA) is 121 Å². The minimum Gasteiger partial charge on any atom is -0.465 e. The molecule has 5 rings (SSSR count). The Hall–Kier alpha value is -3.95. The number of anilines is 2. The van der Waals surface area contributed by atoms with Crippen molar-refractivity contribution >= 4 is 34.7 Å². The second kappa shape index (κ2) is 10.3. The third-order valence-electron chi connectivity index (χ3n) is 7.97. The van der Waals surface area contributed by atoms with Crippen LogP contribution in [0.2, 0.25) is 0 Å². The van der Waals surface area contributed by atoms with Gasteiger partial charge in [-0.25, -0.2) is 9.78 Å². The van der Waals surface area contributed by atoms with E-state index in [0.29, 0.717) is 30.2 Å². The van der Waals surface area contributed by atoms with Gasteiger partial charge in [0.1, 0.15) is 5.65 Å². The van der Waals surface area contributed by atoms with Gasteiger partial charge in [-0.15, -0.1) is 0 Å². The maximum Gasteiger partial charge on any atom is 0.407 e. The Morgan fingerprint density at radius 3 is 2.33 bits per heavy atom. The van der Waals surface area contributed by atoms with Crippen LogP contribution >= 0.6 is 0 Å². The summed E-state index contributed by atoms with van der Waals surface area (Å²) in [6.07, 6.45) is 3.22. The fraction of sp³-hybridized carbons (Fsp3) is 0.483. The van der Waals surface area contributed by atoms with E-state index >= 15 is 0 Å². The number of hydrogen-bond donors (Lipinski definition) is 2. The molecule has 0 bridgehead atoms. The van der Waals surface area contributed by atoms with Gasteiger partial charge in [-0.2, -0.15) is 4.98 Å². The summed E-state index contributed by atoms with van der Waals surface area (Å²) in [5.74, 6) is 0.272. The molecule has 1 saturated carbocycles. The van der Waals surface area contributed by atoms with E-state index in [1.165, 1.54) is 4.90 Å². The number of amides is 2. The van der Waals surface area contributed by atoms with Crippen LogP contribution in [0.4, 0.5) is 16.4 Å². The minimum absolute atomic E-state index is 0.0424. The van der Waals surface area contributed by atoms with Crippen molar-refractivity contribution in [1.82, 2.24) is 24.3 Å². The maximum absolute atomic E-state index is 13.3. The number of fused-ring (bicyclic) bond motifs is 1. The van der Waals surface area contributed by atoms with Gasteiger partial charge in [-0.05, 0) is 55.5 Å². The molecule has 3 aromatic rings. The molecular formula is C29H36N6O4. The molecule has 206 valence electrons. The normalized spacial score (nSPS) is 18.5. The third kappa shape index (κ3) is 5.32. The number of carbonyl (C=O) groups is 2. The molecule has 2 fully saturated rings. The zero-order chi connectivity index (χ0) is 27.9. The lowest BCUT2D eigenvalue weighted by Crippen LogP contribution is -2.60. The number of carboxylic acid groups (broad SMARTS) is 1. The summed E-state index contributed by atoms with van der Waals surface area (Å²) in [6, 6.07) is 10.4. The molecule has 2 aromatic heterocycles. The Bertz CT molecular complexity index is 1450. The van der Waals surface area contributed by atoms with E-state index < -0.39 is 6.09 Å². The summed E-state index contributed by atoms with van der Waals surface area (Å²) in [4.78, 5) is 50.3. The van der Waals surface area contributed by atoms with Gasteiger partial charge < -0.3 is 20.2 Å². The number of hydrogen-bond acceptors (Lipinski definition) is 6. The molecule has 10 heteroatoms. The molecule has 10 nitrogen and oxygen atoms in total. The number of pyridine rings is 1. The number of aromatic nitrogens is 3. The van der Waals surface area contributed by atoms with E-state index in [-0.39, 0.29) is 35.5 Å². The fourth-order valence-electron chi connectivity index (χ4n) is 5.80. The third-order valence-corrected chi connectivity index (χ3v) is 7.97. The second-order valence-corrected chi connectivity index (χ2v) is 11.7. The summed E-state index contributed by atoms with van der Waals surface area (Å²) >= 11 is 0. The van der Waals surface area contributed by atoms with Crippen molar-refractivity contribution in [3.63, 3.8) is 0 Å². The van der Waals surface area contributed by atoms with E-state index in [9.17, 15) is 19.5 Å². The van der Waals surface area contributed by atoms with Crippen LogP contribution in [-0.2, 0) is 0 Å². The van der Waals surface area contributed by atoms with Crippen LogP contribution < -0.4 is 10.9 Å². The smallest absolute Gasteiger partial charge is 0.407 e. The molecule has 2 amide bonds. The molecular weight excluding hydrogens is 496 g/mol. The Kier molecular flexibility index (Phi) is 7.05. The molecule has 1 aliphatic carbocycles. The quantitative estimate of drug-likeness (QED) is 0.495. The van der Waals surface area contributed by atoms with Gasteiger partial charge in [0.25, 0.3) is 11.5 Å². The predicted octanol–water partition coefficient (Wildman–Crippen LogP) is 4.81. The average molecular weight is 533 g/mol. The van der Waals surface area contributed by atoms with E-state index in [1.54, 1.807) is 41.3 Å². The van der Waals surface area contributed by atoms with Crippen molar-refractivity contribution in [2.45, 2.75) is 65.5 Å². The first-order valence-corrected chi connectivity index (χ1v) is 13.6. The van der Waals surface area contributed by atoms with Gasteiger partial charge in [-0.3, -0.25) is 14.2 Å². The lowest BCUT2D eigenvalue weighted by Gasteiger charge is -2.45. The first-order valence-electron chi connectivity index (χ1n) is 13.6. The van der Waals surface area contributed by atoms with Crippen molar-refractivity contribution in [1.29, 1.82) is 0 Å². The van der Waals surface area contributed by atoms with Crippen molar-refractivity contribution < 1.29 is 14.7 Å². The molecule has 1 saturated heterocycles. The van der Waals surface area contributed by atoms with Crippen molar-refractivity contribution in [3.8, 4) is 0 Å². The van der Waals surface area contributed by atoms with E-state index in [2.05, 4.69) is 10.3 Å². The Labute approximate surface area is 227 Å². The fourth-order valence-corrected chi connectivity index (χ4v) is 5.80. The molecule has 1 aliphatic heterocycles. The zero-order valence-electron chi connectivity index (χ0n) is 23.0. The summed E-state index contributed by atoms with van der Waals surface area (Å²) in [5, 5.41) is 13.7. The molecule has 1 atom stereocenters. The van der Waals surface area contributed by atoms with Gasteiger partial charge in [0.05, 0.1) is 11.7 Å². The number of benzene rings is 1. The number of nitrogens with zero attached hydrogens (tertiary/aromatic N) is 5. The highest BCUT2D eigenvalue weighted by Gasteiger charge is 2.39. The highest BCUT2D eigenvalue weighted by molar-refractivity contribution is 5.95. The summed E-state index contributed by atoms with van der Waals surface area (Å²) < 4.78 is 1.82. The molecule has 39 heavy (non-hydrogen) atoms. The van der Waals surface area contributed by atoms with Crippen LogP contribution in [0.15, 0.2) is 41.2 Å². The largest absolute Gasteiger partial charge is 0.465 e. The highest BCUT2D eigenvalue weighted by Crippen LogP contribution is 2.31. The van der Waals surface area contributed by atoms with Gasteiger partial charge in [0, 0.05) is 48.4 Å². The van der Waals surface area contributed by atoms with Gasteiger partial charge in [0.2, 0.25) is 5.95 Å². The van der Waals surface area contributed by atoms with Gasteiger partial charge in [0.15, 0.2) is 0 Å². The van der Waals surface area contributed by atoms with Crippen LogP contribution in [0.5, 0.6) is 0 Å². The van der Waals surface area contributed by atoms with Crippen LogP contribution in [-0.4, -0.2) is 67.1 Å². The Balaban J connectivity index is 1.35. The number of nitrogens with one attached hydrogen (secondary N) is 1. The first-order chi connectivity index (χ1) is 18.5. The zero-order valence-corrected chi connectivity index (χ0v) is 23.0. The number of piperazine rings is 1. The lowest BCUT2D eigenvalue weighted by molar-refractivity contribution is 0.0198. The van der Waals surface area contributed by atoms with E-state index in [0.717, 1.165) is 42.5 Å². The number of carbonyl (C=O) groups excluding carboxylic acids is 1. The summed E-state index contributed by atoms with van der Waals surface area (Å²) in [6.45, 7) is 8.87. The number of aryl methyl sites for hydroxylation is 1. The first kappa shape index (κ1) is 26.6. The number of rotatable bonds is 4. The Morgan fingerprint density at radius 1 is 1.00 bits per heavy atom. The molecule has 2 N–H and O–H groups in total. The van der Waals surface area contributed by atoms with E-state index in [1.807, 2.05) is 32.3 Å². The minimum atomic E-state index is -0.955. The molecule has 2 aliphatic rings. The molecule has 0 spiro atoms. The van der Waals surface area contributed by atoms with Crippen molar-refractivity contribution in [3.05, 3.63) is 58.0 Å². The van der Waals surface area contributed by atoms with Crippen LogP contribution in [0, 0.1) is 12.3 Å². The van der Waals surface area contributed by atoms with Crippen LogP contribution in [0.1, 0.15) is 68.5 Å².